The van der Waals surface area contributed by atoms with Crippen molar-refractivity contribution in [3.63, 3.8) is 0 Å². The summed E-state index contributed by atoms with van der Waals surface area (Å²) in [6.45, 7) is 0.484. The predicted octanol–water partition coefficient (Wildman–Crippen LogP) is 3.34. The summed E-state index contributed by atoms with van der Waals surface area (Å²) in [4.78, 5) is 12.4. The third kappa shape index (κ3) is 3.24. The van der Waals surface area contributed by atoms with Crippen LogP contribution in [0.4, 0.5) is 0 Å². The smallest absolute Gasteiger partial charge is 0.261 e. The summed E-state index contributed by atoms with van der Waals surface area (Å²) in [6, 6.07) is 9.23. The van der Waals surface area contributed by atoms with Gasteiger partial charge in [0.2, 0.25) is 0 Å². The number of methoxy groups -OCH3 is 1. The summed E-state index contributed by atoms with van der Waals surface area (Å²) in [5, 5.41) is 5.17. The number of hydrogen-bond donors (Lipinski definition) is 1. The van der Waals surface area contributed by atoms with Gasteiger partial charge in [0.15, 0.2) is 0 Å². The molecule has 0 bridgehead atoms. The van der Waals surface area contributed by atoms with E-state index in [0.717, 1.165) is 11.3 Å². The van der Waals surface area contributed by atoms with E-state index in [9.17, 15) is 4.79 Å². The Hall–Kier alpha value is -1.52. The number of thiophene rings is 1. The Kier molecular flexibility index (Phi) is 4.23. The second-order valence-corrected chi connectivity index (χ2v) is 5.01. The summed E-state index contributed by atoms with van der Waals surface area (Å²) in [7, 11) is 1.62. The standard InChI is InChI=1S/C13H12ClNO2S/c1-17-11-4-2-9(3-5-11)7-15-13(16)12-6-10(14)8-18-12/h2-6,8H,7H2,1H3,(H,15,16). The Balaban J connectivity index is 1.92. The highest BCUT2D eigenvalue weighted by Crippen LogP contribution is 2.19. The van der Waals surface area contributed by atoms with Gasteiger partial charge in [-0.05, 0) is 23.8 Å². The summed E-state index contributed by atoms with van der Waals surface area (Å²) < 4.78 is 5.07. The van der Waals surface area contributed by atoms with Crippen LogP contribution in [0.2, 0.25) is 5.02 Å². The van der Waals surface area contributed by atoms with E-state index in [0.29, 0.717) is 16.4 Å². The first-order chi connectivity index (χ1) is 8.69. The lowest BCUT2D eigenvalue weighted by Crippen LogP contribution is -2.21. The summed E-state index contributed by atoms with van der Waals surface area (Å²) in [5.41, 5.74) is 1.02. The zero-order chi connectivity index (χ0) is 13.0. The van der Waals surface area contributed by atoms with Gasteiger partial charge in [-0.1, -0.05) is 23.7 Å². The summed E-state index contributed by atoms with van der Waals surface area (Å²) in [5.74, 6) is 0.692. The van der Waals surface area contributed by atoms with Gasteiger partial charge in [0, 0.05) is 11.9 Å². The molecular formula is C13H12ClNO2S. The minimum atomic E-state index is -0.109. The molecule has 2 aromatic rings. The van der Waals surface area contributed by atoms with Gasteiger partial charge in [-0.3, -0.25) is 4.79 Å². The van der Waals surface area contributed by atoms with Crippen LogP contribution in [0.25, 0.3) is 0 Å². The average molecular weight is 282 g/mol. The van der Waals surface area contributed by atoms with Gasteiger partial charge >= 0.3 is 0 Å². The van der Waals surface area contributed by atoms with Gasteiger partial charge < -0.3 is 10.1 Å². The van der Waals surface area contributed by atoms with Crippen LogP contribution in [-0.2, 0) is 6.54 Å². The molecule has 5 heteroatoms. The van der Waals surface area contributed by atoms with E-state index >= 15 is 0 Å². The van der Waals surface area contributed by atoms with E-state index in [-0.39, 0.29) is 5.91 Å². The lowest BCUT2D eigenvalue weighted by Gasteiger charge is -2.05. The lowest BCUT2D eigenvalue weighted by molar-refractivity contribution is 0.0955. The van der Waals surface area contributed by atoms with Gasteiger partial charge in [0.25, 0.3) is 5.91 Å². The monoisotopic (exact) mass is 281 g/mol. The maximum atomic E-state index is 11.8. The quantitative estimate of drug-likeness (QED) is 0.933. The lowest BCUT2D eigenvalue weighted by atomic mass is 10.2. The number of amides is 1. The third-order valence-corrected chi connectivity index (χ3v) is 3.68. The molecule has 0 saturated heterocycles. The molecule has 1 aromatic heterocycles. The second kappa shape index (κ2) is 5.89. The van der Waals surface area contributed by atoms with Gasteiger partial charge in [0.1, 0.15) is 5.75 Å². The van der Waals surface area contributed by atoms with Crippen molar-refractivity contribution in [1.29, 1.82) is 0 Å². The Bertz CT molecular complexity index is 536. The van der Waals surface area contributed by atoms with Crippen LogP contribution in [0, 0.1) is 0 Å². The molecule has 0 fully saturated rings. The Morgan fingerprint density at radius 2 is 2.11 bits per heavy atom. The van der Waals surface area contributed by atoms with Crippen LogP contribution in [0.1, 0.15) is 15.2 Å². The van der Waals surface area contributed by atoms with E-state index in [1.54, 1.807) is 18.6 Å². The van der Waals surface area contributed by atoms with Crippen molar-refractivity contribution in [1.82, 2.24) is 5.32 Å². The van der Waals surface area contributed by atoms with Crippen molar-refractivity contribution >= 4 is 28.8 Å². The fourth-order valence-electron chi connectivity index (χ4n) is 1.44. The van der Waals surface area contributed by atoms with Crippen LogP contribution in [0.15, 0.2) is 35.7 Å². The number of nitrogens with one attached hydrogen (secondary N) is 1. The first kappa shape index (κ1) is 12.9. The Labute approximate surface area is 114 Å². The molecule has 0 radical (unpaired) electrons. The topological polar surface area (TPSA) is 38.3 Å². The number of rotatable bonds is 4. The van der Waals surface area contributed by atoms with Crippen molar-refractivity contribution < 1.29 is 9.53 Å². The summed E-state index contributed by atoms with van der Waals surface area (Å²) >= 11 is 7.11. The van der Waals surface area contributed by atoms with Gasteiger partial charge in [-0.15, -0.1) is 11.3 Å². The van der Waals surface area contributed by atoms with E-state index in [1.807, 2.05) is 24.3 Å². The molecule has 1 N–H and O–H groups in total. The SMILES string of the molecule is COc1ccc(CNC(=O)c2cc(Cl)cs2)cc1. The van der Waals surface area contributed by atoms with E-state index in [2.05, 4.69) is 5.32 Å². The number of halogens is 1. The molecule has 0 aliphatic heterocycles. The molecule has 1 amide bonds. The molecule has 0 saturated carbocycles. The zero-order valence-electron chi connectivity index (χ0n) is 9.77. The molecule has 0 unspecified atom stereocenters. The Morgan fingerprint density at radius 1 is 1.39 bits per heavy atom. The molecule has 0 aliphatic rings. The van der Waals surface area contributed by atoms with Crippen molar-refractivity contribution in [2.24, 2.45) is 0 Å². The van der Waals surface area contributed by atoms with E-state index < -0.39 is 0 Å². The maximum Gasteiger partial charge on any atom is 0.261 e. The molecule has 2 rings (SSSR count). The van der Waals surface area contributed by atoms with Crippen LogP contribution in [0.5, 0.6) is 5.75 Å². The minimum Gasteiger partial charge on any atom is -0.497 e. The van der Waals surface area contributed by atoms with Crippen LogP contribution in [-0.4, -0.2) is 13.0 Å². The van der Waals surface area contributed by atoms with Crippen LogP contribution < -0.4 is 10.1 Å². The largest absolute Gasteiger partial charge is 0.497 e. The van der Waals surface area contributed by atoms with Crippen molar-refractivity contribution in [3.8, 4) is 5.75 Å². The fraction of sp³-hybridized carbons (Fsp3) is 0.154. The number of carbonyl (C=O) groups is 1. The van der Waals surface area contributed by atoms with Crippen LogP contribution in [0.3, 0.4) is 0 Å². The van der Waals surface area contributed by atoms with E-state index in [1.165, 1.54) is 11.3 Å². The van der Waals surface area contributed by atoms with Crippen molar-refractivity contribution in [3.05, 3.63) is 51.2 Å². The number of ether oxygens (including phenoxy) is 1. The predicted molar refractivity (Wildman–Crippen MR) is 73.5 cm³/mol. The van der Waals surface area contributed by atoms with E-state index in [4.69, 9.17) is 16.3 Å². The van der Waals surface area contributed by atoms with Crippen LogP contribution >= 0.6 is 22.9 Å². The molecule has 18 heavy (non-hydrogen) atoms. The highest BCUT2D eigenvalue weighted by molar-refractivity contribution is 7.12. The number of hydrogen-bond acceptors (Lipinski definition) is 3. The molecule has 1 heterocycles. The van der Waals surface area contributed by atoms with Crippen molar-refractivity contribution in [2.45, 2.75) is 6.54 Å². The minimum absolute atomic E-state index is 0.109. The zero-order valence-corrected chi connectivity index (χ0v) is 11.3. The summed E-state index contributed by atoms with van der Waals surface area (Å²) in [6.07, 6.45) is 0. The molecule has 0 spiro atoms. The highest BCUT2D eigenvalue weighted by Gasteiger charge is 2.07. The number of carbonyl (C=O) groups excluding carboxylic acids is 1. The molecule has 0 atom stereocenters. The molecule has 0 aliphatic carbocycles. The third-order valence-electron chi connectivity index (χ3n) is 2.40. The fourth-order valence-corrected chi connectivity index (χ4v) is 2.43. The first-order valence-electron chi connectivity index (χ1n) is 5.34. The number of benzene rings is 1. The van der Waals surface area contributed by atoms with Crippen molar-refractivity contribution in [2.75, 3.05) is 7.11 Å². The molecule has 1 aromatic carbocycles. The highest BCUT2D eigenvalue weighted by atomic mass is 35.5. The molecular weight excluding hydrogens is 270 g/mol. The normalized spacial score (nSPS) is 10.1. The average Bonchev–Trinajstić information content (AvgIpc) is 2.83. The second-order valence-electron chi connectivity index (χ2n) is 3.66. The molecule has 94 valence electrons. The van der Waals surface area contributed by atoms with Gasteiger partial charge in [-0.2, -0.15) is 0 Å². The Morgan fingerprint density at radius 3 is 2.67 bits per heavy atom. The van der Waals surface area contributed by atoms with Gasteiger partial charge in [0.05, 0.1) is 17.0 Å². The van der Waals surface area contributed by atoms with Gasteiger partial charge in [-0.25, -0.2) is 0 Å². The molecule has 3 nitrogen and oxygen atoms in total. The first-order valence-corrected chi connectivity index (χ1v) is 6.60. The maximum absolute atomic E-state index is 11.8.